The van der Waals surface area contributed by atoms with Crippen LogP contribution in [0.2, 0.25) is 0 Å². The van der Waals surface area contributed by atoms with Gasteiger partial charge in [0.25, 0.3) is 0 Å². The van der Waals surface area contributed by atoms with Crippen molar-refractivity contribution in [2.45, 2.75) is 11.1 Å². The van der Waals surface area contributed by atoms with Gasteiger partial charge in [0.05, 0.1) is 17.9 Å². The Morgan fingerprint density at radius 1 is 1.11 bits per heavy atom. The molecule has 0 saturated carbocycles. The predicted octanol–water partition coefficient (Wildman–Crippen LogP) is 4.89. The average molecular weight is 391 g/mol. The van der Waals surface area contributed by atoms with Crippen molar-refractivity contribution >= 4 is 23.7 Å². The van der Waals surface area contributed by atoms with Crippen LogP contribution in [0.4, 0.5) is 18.9 Å². The number of benzene rings is 2. The van der Waals surface area contributed by atoms with Crippen molar-refractivity contribution in [2.24, 2.45) is 0 Å². The first-order valence-corrected chi connectivity index (χ1v) is 9.24. The first-order chi connectivity index (χ1) is 12.9. The Hall–Kier alpha value is -2.74. The normalized spacial score (nSPS) is 11.4. The minimum Gasteiger partial charge on any atom is -0.378 e. The van der Waals surface area contributed by atoms with Gasteiger partial charge in [-0.2, -0.15) is 18.3 Å². The molecule has 8 heteroatoms. The number of aldehydes is 1. The zero-order chi connectivity index (χ0) is 19.4. The van der Waals surface area contributed by atoms with E-state index in [-0.39, 0.29) is 6.54 Å². The number of rotatable bonds is 6. The largest absolute Gasteiger partial charge is 0.435 e. The number of aromatic nitrogens is 2. The van der Waals surface area contributed by atoms with Crippen molar-refractivity contribution in [2.75, 3.05) is 18.1 Å². The molecule has 0 aliphatic heterocycles. The predicted molar refractivity (Wildman–Crippen MR) is 100 cm³/mol. The number of carbonyl (C=O) groups excluding carboxylic acids is 1. The Morgan fingerprint density at radius 2 is 1.78 bits per heavy atom. The van der Waals surface area contributed by atoms with Gasteiger partial charge in [-0.25, -0.2) is 4.68 Å². The van der Waals surface area contributed by atoms with Gasteiger partial charge >= 0.3 is 6.18 Å². The third kappa shape index (κ3) is 4.33. The summed E-state index contributed by atoms with van der Waals surface area (Å²) in [5.41, 5.74) is 1.23. The maximum Gasteiger partial charge on any atom is 0.435 e. The molecule has 0 aliphatic rings. The van der Waals surface area contributed by atoms with Crippen LogP contribution in [0.15, 0.2) is 59.5 Å². The molecule has 0 bridgehead atoms. The molecule has 3 aromatic rings. The van der Waals surface area contributed by atoms with Crippen LogP contribution in [0.5, 0.6) is 0 Å². The van der Waals surface area contributed by atoms with Gasteiger partial charge in [0.2, 0.25) is 0 Å². The van der Waals surface area contributed by atoms with Crippen molar-refractivity contribution in [1.29, 1.82) is 0 Å². The van der Waals surface area contributed by atoms with Gasteiger partial charge in [-0.3, -0.25) is 0 Å². The molecule has 0 saturated heterocycles. The molecule has 0 unspecified atom stereocenters. The van der Waals surface area contributed by atoms with E-state index in [1.807, 2.05) is 18.4 Å². The minimum absolute atomic E-state index is 0.159. The summed E-state index contributed by atoms with van der Waals surface area (Å²) in [4.78, 5) is 11.4. The molecule has 1 N–H and O–H groups in total. The summed E-state index contributed by atoms with van der Waals surface area (Å²) in [5, 5.41) is 6.65. The van der Waals surface area contributed by atoms with Gasteiger partial charge in [-0.15, -0.1) is 11.8 Å². The Kier molecular flexibility index (Phi) is 5.55. The van der Waals surface area contributed by atoms with Crippen LogP contribution in [0.25, 0.3) is 16.9 Å². The molecule has 3 rings (SSSR count). The van der Waals surface area contributed by atoms with Crippen molar-refractivity contribution in [1.82, 2.24) is 9.78 Å². The van der Waals surface area contributed by atoms with Crippen molar-refractivity contribution in [3.8, 4) is 16.9 Å². The molecule has 140 valence electrons. The number of halogens is 3. The van der Waals surface area contributed by atoms with Crippen LogP contribution < -0.4 is 5.32 Å². The fourth-order valence-electron chi connectivity index (χ4n) is 2.56. The lowest BCUT2D eigenvalue weighted by molar-refractivity contribution is -0.141. The fraction of sp³-hybridized carbons (Fsp3) is 0.158. The molecule has 1 aromatic heterocycles. The Bertz CT molecular complexity index is 919. The summed E-state index contributed by atoms with van der Waals surface area (Å²) < 4.78 is 40.9. The van der Waals surface area contributed by atoms with Crippen molar-refractivity contribution < 1.29 is 18.0 Å². The Morgan fingerprint density at radius 3 is 2.33 bits per heavy atom. The minimum atomic E-state index is -4.54. The summed E-state index contributed by atoms with van der Waals surface area (Å²) in [6.45, 7) is 0.159. The van der Waals surface area contributed by atoms with E-state index in [0.29, 0.717) is 22.6 Å². The number of hydrogen-bond acceptors (Lipinski definition) is 4. The number of nitrogens with zero attached hydrogens (tertiary/aromatic N) is 2. The summed E-state index contributed by atoms with van der Waals surface area (Å²) in [5.74, 6) is 0. The lowest BCUT2D eigenvalue weighted by atomic mass is 10.1. The quantitative estimate of drug-likeness (QED) is 0.480. The van der Waals surface area contributed by atoms with Gasteiger partial charge in [0, 0.05) is 16.1 Å². The van der Waals surface area contributed by atoms with E-state index < -0.39 is 11.9 Å². The highest BCUT2D eigenvalue weighted by Crippen LogP contribution is 2.33. The monoisotopic (exact) mass is 391 g/mol. The zero-order valence-electron chi connectivity index (χ0n) is 14.3. The SMILES string of the molecule is CSc1ccc(-c2cc(C(F)(F)F)nn2-c2ccc(NCC=O)cc2)cc1. The number of thioether (sulfide) groups is 1. The average Bonchev–Trinajstić information content (AvgIpc) is 3.13. The maximum atomic E-state index is 13.2. The summed E-state index contributed by atoms with van der Waals surface area (Å²) in [7, 11) is 0. The maximum absolute atomic E-state index is 13.2. The highest BCUT2D eigenvalue weighted by atomic mass is 32.2. The summed E-state index contributed by atoms with van der Waals surface area (Å²) in [6.07, 6.45) is -1.88. The molecule has 27 heavy (non-hydrogen) atoms. The van der Waals surface area contributed by atoms with Crippen LogP contribution >= 0.6 is 11.8 Å². The highest BCUT2D eigenvalue weighted by molar-refractivity contribution is 7.98. The molecule has 0 amide bonds. The standard InChI is InChI=1S/C19H16F3N3OS/c1-27-16-8-2-13(3-9-16)17-12-18(19(20,21)22)24-25(17)15-6-4-14(5-7-15)23-10-11-26/h2-9,11-12,23H,10H2,1H3. The van der Waals surface area contributed by atoms with Gasteiger partial charge < -0.3 is 10.1 Å². The van der Waals surface area contributed by atoms with Crippen molar-refractivity contribution in [3.05, 3.63) is 60.3 Å². The van der Waals surface area contributed by atoms with Crippen LogP contribution in [-0.2, 0) is 11.0 Å². The van der Waals surface area contributed by atoms with Crippen LogP contribution in [0.1, 0.15) is 5.69 Å². The topological polar surface area (TPSA) is 46.9 Å². The van der Waals surface area contributed by atoms with Gasteiger partial charge in [0.15, 0.2) is 5.69 Å². The Balaban J connectivity index is 2.04. The lowest BCUT2D eigenvalue weighted by Gasteiger charge is -2.09. The molecular weight excluding hydrogens is 375 g/mol. The molecule has 0 atom stereocenters. The third-order valence-corrected chi connectivity index (χ3v) is 4.63. The van der Waals surface area contributed by atoms with Gasteiger partial charge in [-0.05, 0) is 48.7 Å². The first kappa shape index (κ1) is 19.0. The molecule has 0 fully saturated rings. The van der Waals surface area contributed by atoms with Crippen LogP contribution in [0.3, 0.4) is 0 Å². The van der Waals surface area contributed by atoms with E-state index in [0.717, 1.165) is 17.2 Å². The van der Waals surface area contributed by atoms with E-state index in [1.165, 1.54) is 4.68 Å². The number of carbonyl (C=O) groups is 1. The highest BCUT2D eigenvalue weighted by Gasteiger charge is 2.35. The summed E-state index contributed by atoms with van der Waals surface area (Å²) in [6, 6.07) is 15.0. The number of hydrogen-bond donors (Lipinski definition) is 1. The van der Waals surface area contributed by atoms with E-state index in [1.54, 1.807) is 48.2 Å². The molecular formula is C19H16F3N3OS. The third-order valence-electron chi connectivity index (χ3n) is 3.89. The van der Waals surface area contributed by atoms with E-state index in [4.69, 9.17) is 0 Å². The fourth-order valence-corrected chi connectivity index (χ4v) is 2.97. The van der Waals surface area contributed by atoms with E-state index >= 15 is 0 Å². The van der Waals surface area contributed by atoms with Crippen molar-refractivity contribution in [3.63, 3.8) is 0 Å². The van der Waals surface area contributed by atoms with E-state index in [2.05, 4.69) is 10.4 Å². The molecule has 0 aliphatic carbocycles. The summed E-state index contributed by atoms with van der Waals surface area (Å²) >= 11 is 1.56. The van der Waals surface area contributed by atoms with Gasteiger partial charge in [0.1, 0.15) is 6.29 Å². The molecule has 4 nitrogen and oxygen atoms in total. The van der Waals surface area contributed by atoms with E-state index in [9.17, 15) is 18.0 Å². The smallest absolute Gasteiger partial charge is 0.378 e. The number of anilines is 1. The molecule has 1 heterocycles. The zero-order valence-corrected chi connectivity index (χ0v) is 15.1. The van der Waals surface area contributed by atoms with Gasteiger partial charge in [-0.1, -0.05) is 12.1 Å². The second kappa shape index (κ2) is 7.87. The lowest BCUT2D eigenvalue weighted by Crippen LogP contribution is -2.07. The Labute approximate surface area is 158 Å². The molecule has 0 spiro atoms. The van der Waals surface area contributed by atoms with Crippen LogP contribution in [-0.4, -0.2) is 28.9 Å². The number of nitrogens with one attached hydrogen (secondary N) is 1. The second-order valence-electron chi connectivity index (χ2n) is 5.65. The first-order valence-electron chi connectivity index (χ1n) is 8.02. The molecule has 2 aromatic carbocycles. The van der Waals surface area contributed by atoms with Crippen LogP contribution in [0, 0.1) is 0 Å². The second-order valence-corrected chi connectivity index (χ2v) is 6.53. The number of alkyl halides is 3. The molecule has 0 radical (unpaired) electrons.